The second kappa shape index (κ2) is 7.70. The highest BCUT2D eigenvalue weighted by Gasteiger charge is 2.38. The van der Waals surface area contributed by atoms with Gasteiger partial charge in [0.15, 0.2) is 0 Å². The number of fused-ring (bicyclic) bond motifs is 1. The van der Waals surface area contributed by atoms with E-state index in [-0.39, 0.29) is 18.1 Å². The number of aryl methyl sites for hydroxylation is 1. The number of hydrogen-bond donors (Lipinski definition) is 2. The Morgan fingerprint density at radius 2 is 1.71 bits per heavy atom. The van der Waals surface area contributed by atoms with Crippen molar-refractivity contribution in [2.75, 3.05) is 11.5 Å². The summed E-state index contributed by atoms with van der Waals surface area (Å²) in [5, 5.41) is 1.22. The van der Waals surface area contributed by atoms with E-state index in [0.29, 0.717) is 21.8 Å². The first-order valence-corrected chi connectivity index (χ1v) is 9.66. The maximum Gasteiger partial charge on any atom is 0.421 e. The quantitative estimate of drug-likeness (QED) is 0.440. The average molecular weight is 444 g/mol. The number of nitrogens with two attached hydrogens (primary N) is 2. The lowest BCUT2D eigenvalue weighted by molar-refractivity contribution is -0.137. The number of benzene rings is 2. The van der Waals surface area contributed by atoms with Crippen molar-refractivity contribution in [3.63, 3.8) is 0 Å². The van der Waals surface area contributed by atoms with E-state index in [0.717, 1.165) is 16.5 Å². The predicted octanol–water partition coefficient (Wildman–Crippen LogP) is 5.43. The molecule has 0 fully saturated rings. The van der Waals surface area contributed by atoms with Gasteiger partial charge in [-0.2, -0.15) is 18.2 Å². The van der Waals surface area contributed by atoms with Gasteiger partial charge in [0.2, 0.25) is 5.95 Å². The maximum absolute atomic E-state index is 13.7. The molecule has 0 amide bonds. The molecule has 0 radical (unpaired) electrons. The number of alkyl halides is 3. The van der Waals surface area contributed by atoms with Crippen molar-refractivity contribution in [2.45, 2.75) is 19.5 Å². The first-order chi connectivity index (χ1) is 14.6. The van der Waals surface area contributed by atoms with E-state index < -0.39 is 17.6 Å². The van der Waals surface area contributed by atoms with Crippen molar-refractivity contribution >= 4 is 34.3 Å². The second-order valence-corrected chi connectivity index (χ2v) is 7.49. The molecule has 2 aromatic heterocycles. The Morgan fingerprint density at radius 1 is 0.968 bits per heavy atom. The van der Waals surface area contributed by atoms with Crippen LogP contribution in [0.2, 0.25) is 5.02 Å². The molecule has 31 heavy (non-hydrogen) atoms. The SMILES string of the molecule is Cc1cccc2cc(Cc3nc(N)nc(N)c3C(F)(F)F)c(-c3ccccc3Cl)nc12. The van der Waals surface area contributed by atoms with Gasteiger partial charge in [-0.1, -0.05) is 48.0 Å². The van der Waals surface area contributed by atoms with Crippen molar-refractivity contribution < 1.29 is 13.2 Å². The Labute approximate surface area is 180 Å². The molecule has 2 aromatic carbocycles. The molecule has 0 saturated heterocycles. The molecule has 9 heteroatoms. The van der Waals surface area contributed by atoms with Crippen LogP contribution in [-0.4, -0.2) is 15.0 Å². The van der Waals surface area contributed by atoms with E-state index in [1.807, 2.05) is 25.1 Å². The van der Waals surface area contributed by atoms with Crippen LogP contribution in [0, 0.1) is 6.92 Å². The summed E-state index contributed by atoms with van der Waals surface area (Å²) in [6.07, 6.45) is -4.94. The maximum atomic E-state index is 13.7. The lowest BCUT2D eigenvalue weighted by Crippen LogP contribution is -2.18. The van der Waals surface area contributed by atoms with E-state index in [2.05, 4.69) is 9.97 Å². The molecule has 0 aliphatic carbocycles. The van der Waals surface area contributed by atoms with Gasteiger partial charge in [-0.25, -0.2) is 9.97 Å². The van der Waals surface area contributed by atoms with Crippen molar-refractivity contribution in [3.05, 3.63) is 75.9 Å². The lowest BCUT2D eigenvalue weighted by atomic mass is 9.97. The summed E-state index contributed by atoms with van der Waals surface area (Å²) in [5.41, 5.74) is 13.0. The van der Waals surface area contributed by atoms with Crippen LogP contribution in [0.5, 0.6) is 0 Å². The summed E-state index contributed by atoms with van der Waals surface area (Å²) in [4.78, 5) is 12.1. The smallest absolute Gasteiger partial charge is 0.383 e. The topological polar surface area (TPSA) is 90.7 Å². The Hall–Kier alpha value is -3.39. The van der Waals surface area contributed by atoms with Gasteiger partial charge in [0.25, 0.3) is 0 Å². The largest absolute Gasteiger partial charge is 0.421 e. The van der Waals surface area contributed by atoms with Gasteiger partial charge < -0.3 is 11.5 Å². The van der Waals surface area contributed by atoms with Crippen LogP contribution in [0.25, 0.3) is 22.2 Å². The molecule has 5 nitrogen and oxygen atoms in total. The monoisotopic (exact) mass is 443 g/mol. The molecule has 4 N–H and O–H groups in total. The number of nitrogens with zero attached hydrogens (tertiary/aromatic N) is 3. The zero-order valence-electron chi connectivity index (χ0n) is 16.3. The Balaban J connectivity index is 1.99. The van der Waals surface area contributed by atoms with Gasteiger partial charge in [-0.15, -0.1) is 0 Å². The van der Waals surface area contributed by atoms with Crippen LogP contribution in [0.3, 0.4) is 0 Å². The molecular formula is C22H17ClF3N5. The van der Waals surface area contributed by atoms with E-state index >= 15 is 0 Å². The summed E-state index contributed by atoms with van der Waals surface area (Å²) < 4.78 is 41.1. The Bertz CT molecular complexity index is 1300. The Morgan fingerprint density at radius 3 is 2.42 bits per heavy atom. The number of rotatable bonds is 3. The minimum absolute atomic E-state index is 0.205. The fraction of sp³-hybridized carbons (Fsp3) is 0.136. The zero-order valence-corrected chi connectivity index (χ0v) is 17.1. The number of hydrogen-bond acceptors (Lipinski definition) is 5. The van der Waals surface area contributed by atoms with Crippen molar-refractivity contribution in [1.29, 1.82) is 0 Å². The van der Waals surface area contributed by atoms with Crippen molar-refractivity contribution in [1.82, 2.24) is 15.0 Å². The van der Waals surface area contributed by atoms with Crippen molar-refractivity contribution in [2.24, 2.45) is 0 Å². The third-order valence-corrected chi connectivity index (χ3v) is 5.26. The zero-order chi connectivity index (χ0) is 22.3. The minimum Gasteiger partial charge on any atom is -0.383 e. The summed E-state index contributed by atoms with van der Waals surface area (Å²) in [7, 11) is 0. The molecule has 158 valence electrons. The molecular weight excluding hydrogens is 427 g/mol. The van der Waals surface area contributed by atoms with E-state index in [9.17, 15) is 13.2 Å². The predicted molar refractivity (Wildman–Crippen MR) is 116 cm³/mol. The molecule has 0 bridgehead atoms. The number of nitrogen functional groups attached to an aromatic ring is 2. The highest BCUT2D eigenvalue weighted by Crippen LogP contribution is 2.38. The molecule has 4 aromatic rings. The molecule has 2 heterocycles. The summed E-state index contributed by atoms with van der Waals surface area (Å²) in [6, 6.07) is 14.4. The van der Waals surface area contributed by atoms with E-state index in [1.165, 1.54) is 0 Å². The van der Waals surface area contributed by atoms with Crippen LogP contribution in [-0.2, 0) is 12.6 Å². The first-order valence-electron chi connectivity index (χ1n) is 9.28. The highest BCUT2D eigenvalue weighted by atomic mass is 35.5. The van der Waals surface area contributed by atoms with Gasteiger partial charge in [0, 0.05) is 22.4 Å². The van der Waals surface area contributed by atoms with Crippen LogP contribution in [0.1, 0.15) is 22.4 Å². The molecule has 4 rings (SSSR count). The molecule has 0 spiro atoms. The van der Waals surface area contributed by atoms with Crippen molar-refractivity contribution in [3.8, 4) is 11.3 Å². The minimum atomic E-state index is -4.74. The molecule has 0 atom stereocenters. The summed E-state index contributed by atoms with van der Waals surface area (Å²) in [6.45, 7) is 1.92. The fourth-order valence-corrected chi connectivity index (χ4v) is 3.80. The molecule has 0 aliphatic rings. The number of para-hydroxylation sites is 1. The number of aromatic nitrogens is 3. The van der Waals surface area contributed by atoms with Gasteiger partial charge >= 0.3 is 6.18 Å². The number of anilines is 2. The summed E-state index contributed by atoms with van der Waals surface area (Å²) >= 11 is 6.39. The van der Waals surface area contributed by atoms with Crippen LogP contribution in [0.4, 0.5) is 24.9 Å². The number of halogens is 4. The van der Waals surface area contributed by atoms with Crippen LogP contribution in [0.15, 0.2) is 48.5 Å². The third kappa shape index (κ3) is 3.98. The van der Waals surface area contributed by atoms with Crippen LogP contribution >= 0.6 is 11.6 Å². The van der Waals surface area contributed by atoms with Gasteiger partial charge in [-0.05, 0) is 30.2 Å². The average Bonchev–Trinajstić information content (AvgIpc) is 2.67. The van der Waals surface area contributed by atoms with E-state index in [1.54, 1.807) is 30.3 Å². The third-order valence-electron chi connectivity index (χ3n) is 4.93. The van der Waals surface area contributed by atoms with Gasteiger partial charge in [-0.3, -0.25) is 0 Å². The fourth-order valence-electron chi connectivity index (χ4n) is 3.58. The van der Waals surface area contributed by atoms with Gasteiger partial charge in [0.1, 0.15) is 11.4 Å². The summed E-state index contributed by atoms with van der Waals surface area (Å²) in [5.74, 6) is -1.04. The molecule has 0 aliphatic heterocycles. The van der Waals surface area contributed by atoms with Gasteiger partial charge in [0.05, 0.1) is 16.9 Å². The highest BCUT2D eigenvalue weighted by molar-refractivity contribution is 6.33. The Kier molecular flexibility index (Phi) is 5.18. The molecule has 0 saturated carbocycles. The van der Waals surface area contributed by atoms with Crippen LogP contribution < -0.4 is 11.5 Å². The second-order valence-electron chi connectivity index (χ2n) is 7.09. The normalized spacial score (nSPS) is 11.8. The lowest BCUT2D eigenvalue weighted by Gasteiger charge is -2.17. The molecule has 0 unspecified atom stereocenters. The van der Waals surface area contributed by atoms with E-state index in [4.69, 9.17) is 28.1 Å². The number of pyridine rings is 1. The first kappa shape index (κ1) is 20.9. The standard InChI is InChI=1S/C22H17ClF3N5/c1-11-5-4-6-12-9-13(19(30-18(11)12)14-7-2-3-8-15(14)23)10-16-17(22(24,25)26)20(27)31-21(28)29-16/h2-9H,10H2,1H3,(H4,27,28,29,31).